The van der Waals surface area contributed by atoms with Gasteiger partial charge < -0.3 is 24.8 Å². The molecule has 4 rings (SSSR count). The monoisotopic (exact) mass is 534 g/mol. The second kappa shape index (κ2) is 13.2. The molecule has 2 heterocycles. The summed E-state index contributed by atoms with van der Waals surface area (Å²) >= 11 is 0. The van der Waals surface area contributed by atoms with E-state index in [1.54, 1.807) is 25.2 Å². The van der Waals surface area contributed by atoms with Gasteiger partial charge >= 0.3 is 5.97 Å². The second-order valence-corrected chi connectivity index (χ2v) is 10.2. The number of ether oxygens (including phenoxy) is 1. The maximum atomic E-state index is 13.0. The normalized spacial score (nSPS) is 13.4. The molecular weight excluding hydrogens is 496 g/mol. The first kappa shape index (κ1) is 28.1. The van der Waals surface area contributed by atoms with Gasteiger partial charge in [0.05, 0.1) is 18.5 Å². The fourth-order valence-electron chi connectivity index (χ4n) is 5.04. The number of methoxy groups -OCH3 is 1. The van der Waals surface area contributed by atoms with Crippen LogP contribution in [-0.2, 0) is 14.3 Å². The lowest BCUT2D eigenvalue weighted by molar-refractivity contribution is -0.140. The van der Waals surface area contributed by atoms with Gasteiger partial charge in [0.15, 0.2) is 0 Å². The topological polar surface area (TPSA) is 118 Å². The SMILES string of the molecule is COC(=O)CCCCCCC(=O)Nc1ccccc1Nc1ncc2cc(C(=O)N(C)C)n(C3CCCC3)c2n1. The number of hydrogen-bond donors (Lipinski definition) is 2. The number of benzene rings is 1. The third-order valence-electron chi connectivity index (χ3n) is 7.10. The molecule has 1 aliphatic rings. The van der Waals surface area contributed by atoms with Crippen LogP contribution in [0.5, 0.6) is 0 Å². The molecule has 208 valence electrons. The Bertz CT molecular complexity index is 1310. The Morgan fingerprint density at radius 2 is 1.72 bits per heavy atom. The largest absolute Gasteiger partial charge is 0.469 e. The molecule has 0 radical (unpaired) electrons. The molecule has 2 amide bonds. The standard InChI is InChI=1S/C29H38N6O4/c1-34(2)28(38)24-18-20-19-30-29(33-27(20)35(24)21-12-8-9-13-21)32-23-15-11-10-14-22(23)31-25(36)16-6-4-5-7-17-26(37)39-3/h10-11,14-15,18-19,21H,4-9,12-13,16-17H2,1-3H3,(H,31,36)(H,30,32,33). The number of rotatable bonds is 12. The number of unbranched alkanes of at least 4 members (excludes halogenated alkanes) is 3. The molecule has 0 spiro atoms. The molecule has 2 aromatic heterocycles. The molecule has 0 unspecified atom stereocenters. The predicted molar refractivity (Wildman–Crippen MR) is 151 cm³/mol. The van der Waals surface area contributed by atoms with Crippen LogP contribution in [0.1, 0.15) is 80.7 Å². The highest BCUT2D eigenvalue weighted by Gasteiger charge is 2.26. The van der Waals surface area contributed by atoms with Gasteiger partial charge in [0.1, 0.15) is 11.3 Å². The van der Waals surface area contributed by atoms with Gasteiger partial charge in [-0.2, -0.15) is 4.98 Å². The summed E-state index contributed by atoms with van der Waals surface area (Å²) in [6.45, 7) is 0. The Labute approximate surface area is 229 Å². The number of nitrogens with zero attached hydrogens (tertiary/aromatic N) is 4. The van der Waals surface area contributed by atoms with Crippen LogP contribution in [0.3, 0.4) is 0 Å². The summed E-state index contributed by atoms with van der Waals surface area (Å²) in [5.74, 6) is 0.0756. The Morgan fingerprint density at radius 3 is 2.41 bits per heavy atom. The van der Waals surface area contributed by atoms with E-state index in [1.807, 2.05) is 30.3 Å². The van der Waals surface area contributed by atoms with Crippen molar-refractivity contribution in [2.24, 2.45) is 0 Å². The Hall–Kier alpha value is -3.95. The number of para-hydroxylation sites is 2. The lowest BCUT2D eigenvalue weighted by Crippen LogP contribution is -2.25. The van der Waals surface area contributed by atoms with E-state index in [-0.39, 0.29) is 23.8 Å². The lowest BCUT2D eigenvalue weighted by Gasteiger charge is -2.19. The number of nitrogens with one attached hydrogen (secondary N) is 2. The first-order chi connectivity index (χ1) is 18.9. The quantitative estimate of drug-likeness (QED) is 0.234. The summed E-state index contributed by atoms with van der Waals surface area (Å²) in [5.41, 5.74) is 2.70. The highest BCUT2D eigenvalue weighted by Crippen LogP contribution is 2.35. The number of aromatic nitrogens is 3. The van der Waals surface area contributed by atoms with Crippen molar-refractivity contribution in [1.82, 2.24) is 19.4 Å². The molecular formula is C29H38N6O4. The summed E-state index contributed by atoms with van der Waals surface area (Å²) < 4.78 is 6.73. The number of fused-ring (bicyclic) bond motifs is 1. The Morgan fingerprint density at radius 1 is 1.03 bits per heavy atom. The van der Waals surface area contributed by atoms with Gasteiger partial charge in [-0.15, -0.1) is 0 Å². The molecule has 1 aliphatic carbocycles. The average Bonchev–Trinajstić information content (AvgIpc) is 3.58. The minimum Gasteiger partial charge on any atom is -0.469 e. The summed E-state index contributed by atoms with van der Waals surface area (Å²) in [6.07, 6.45) is 10.1. The van der Waals surface area contributed by atoms with E-state index in [9.17, 15) is 14.4 Å². The number of anilines is 3. The fraction of sp³-hybridized carbons (Fsp3) is 0.483. The molecule has 39 heavy (non-hydrogen) atoms. The van der Waals surface area contributed by atoms with Gasteiger partial charge in [0.2, 0.25) is 11.9 Å². The van der Waals surface area contributed by atoms with Crippen LogP contribution < -0.4 is 10.6 Å². The summed E-state index contributed by atoms with van der Waals surface area (Å²) in [7, 11) is 4.91. The molecule has 0 bridgehead atoms. The lowest BCUT2D eigenvalue weighted by atomic mass is 10.1. The van der Waals surface area contributed by atoms with Gasteiger partial charge in [0, 0.05) is 44.6 Å². The van der Waals surface area contributed by atoms with Crippen molar-refractivity contribution < 1.29 is 19.1 Å². The van der Waals surface area contributed by atoms with Crippen LogP contribution in [0.15, 0.2) is 36.5 Å². The average molecular weight is 535 g/mol. The van der Waals surface area contributed by atoms with E-state index < -0.39 is 0 Å². The van der Waals surface area contributed by atoms with Crippen molar-refractivity contribution >= 4 is 46.1 Å². The van der Waals surface area contributed by atoms with E-state index in [0.717, 1.165) is 62.4 Å². The van der Waals surface area contributed by atoms with E-state index in [2.05, 4.69) is 24.9 Å². The van der Waals surface area contributed by atoms with E-state index in [1.165, 1.54) is 7.11 Å². The minimum atomic E-state index is -0.200. The van der Waals surface area contributed by atoms with Gasteiger partial charge in [-0.25, -0.2) is 4.98 Å². The van der Waals surface area contributed by atoms with Gasteiger partial charge in [-0.05, 0) is 43.9 Å². The Kier molecular flexibility index (Phi) is 9.51. The first-order valence-electron chi connectivity index (χ1n) is 13.7. The molecule has 1 aromatic carbocycles. The van der Waals surface area contributed by atoms with Crippen molar-refractivity contribution in [3.05, 3.63) is 42.2 Å². The fourth-order valence-corrected chi connectivity index (χ4v) is 5.04. The Balaban J connectivity index is 1.45. The molecule has 0 aliphatic heterocycles. The number of carbonyl (C=O) groups is 3. The summed E-state index contributed by atoms with van der Waals surface area (Å²) in [6, 6.07) is 9.56. The first-order valence-corrected chi connectivity index (χ1v) is 13.7. The van der Waals surface area contributed by atoms with Gasteiger partial charge in [0.25, 0.3) is 5.91 Å². The van der Waals surface area contributed by atoms with Crippen LogP contribution in [0.4, 0.5) is 17.3 Å². The molecule has 10 nitrogen and oxygen atoms in total. The molecule has 1 fully saturated rings. The van der Waals surface area contributed by atoms with E-state index in [0.29, 0.717) is 35.9 Å². The molecule has 1 saturated carbocycles. The van der Waals surface area contributed by atoms with Crippen molar-refractivity contribution in [2.75, 3.05) is 31.8 Å². The predicted octanol–water partition coefficient (Wildman–Crippen LogP) is 5.44. The minimum absolute atomic E-state index is 0.0501. The number of amides is 2. The molecule has 0 atom stereocenters. The molecule has 0 saturated heterocycles. The summed E-state index contributed by atoms with van der Waals surface area (Å²) in [4.78, 5) is 47.7. The van der Waals surface area contributed by atoms with Crippen molar-refractivity contribution in [3.8, 4) is 0 Å². The van der Waals surface area contributed by atoms with Gasteiger partial charge in [-0.3, -0.25) is 14.4 Å². The highest BCUT2D eigenvalue weighted by molar-refractivity contribution is 5.98. The zero-order valence-electron chi connectivity index (χ0n) is 23.0. The van der Waals surface area contributed by atoms with Crippen LogP contribution >= 0.6 is 0 Å². The highest BCUT2D eigenvalue weighted by atomic mass is 16.5. The third kappa shape index (κ3) is 7.13. The van der Waals surface area contributed by atoms with E-state index >= 15 is 0 Å². The maximum absolute atomic E-state index is 13.0. The van der Waals surface area contributed by atoms with Crippen LogP contribution in [0.2, 0.25) is 0 Å². The molecule has 3 aromatic rings. The van der Waals surface area contributed by atoms with Gasteiger partial charge in [-0.1, -0.05) is 37.8 Å². The molecule has 2 N–H and O–H groups in total. The van der Waals surface area contributed by atoms with Crippen LogP contribution in [-0.4, -0.2) is 58.4 Å². The third-order valence-corrected chi connectivity index (χ3v) is 7.10. The van der Waals surface area contributed by atoms with Crippen molar-refractivity contribution in [3.63, 3.8) is 0 Å². The van der Waals surface area contributed by atoms with Crippen LogP contribution in [0, 0.1) is 0 Å². The van der Waals surface area contributed by atoms with Crippen molar-refractivity contribution in [2.45, 2.75) is 70.3 Å². The smallest absolute Gasteiger partial charge is 0.305 e. The maximum Gasteiger partial charge on any atom is 0.305 e. The van der Waals surface area contributed by atoms with Crippen LogP contribution in [0.25, 0.3) is 11.0 Å². The summed E-state index contributed by atoms with van der Waals surface area (Å²) in [5, 5.41) is 7.07. The number of esters is 1. The second-order valence-electron chi connectivity index (χ2n) is 10.2. The van der Waals surface area contributed by atoms with Crippen molar-refractivity contribution in [1.29, 1.82) is 0 Å². The zero-order chi connectivity index (χ0) is 27.8. The zero-order valence-corrected chi connectivity index (χ0v) is 23.0. The van der Waals surface area contributed by atoms with E-state index in [4.69, 9.17) is 4.98 Å². The number of carbonyl (C=O) groups excluding carboxylic acids is 3. The number of hydrogen-bond acceptors (Lipinski definition) is 7. The molecule has 10 heteroatoms.